The molecule has 1 aromatic carbocycles. The Morgan fingerprint density at radius 2 is 1.95 bits per heavy atom. The van der Waals surface area contributed by atoms with E-state index in [-0.39, 0.29) is 0 Å². The van der Waals surface area contributed by atoms with E-state index < -0.39 is 0 Å². The van der Waals surface area contributed by atoms with Gasteiger partial charge in [-0.2, -0.15) is 0 Å². The highest BCUT2D eigenvalue weighted by Crippen LogP contribution is 2.37. The van der Waals surface area contributed by atoms with Gasteiger partial charge in [0.25, 0.3) is 0 Å². The lowest BCUT2D eigenvalue weighted by Crippen LogP contribution is -2.36. The Labute approximate surface area is 125 Å². The molecule has 106 valence electrons. The van der Waals surface area contributed by atoms with Crippen LogP contribution in [0.5, 0.6) is 0 Å². The monoisotopic (exact) mass is 324 g/mol. The molecular formula is C16H25BrN2. The molecular weight excluding hydrogens is 300 g/mol. The van der Waals surface area contributed by atoms with Gasteiger partial charge in [0.1, 0.15) is 0 Å². The third-order valence-electron chi connectivity index (χ3n) is 4.46. The van der Waals surface area contributed by atoms with Crippen molar-refractivity contribution in [1.82, 2.24) is 4.90 Å². The largest absolute Gasteiger partial charge is 0.398 e. The highest BCUT2D eigenvalue weighted by Gasteiger charge is 2.28. The summed E-state index contributed by atoms with van der Waals surface area (Å²) in [4.78, 5) is 2.48. The molecule has 19 heavy (non-hydrogen) atoms. The maximum atomic E-state index is 5.94. The van der Waals surface area contributed by atoms with Crippen LogP contribution in [-0.2, 0) is 6.54 Å². The van der Waals surface area contributed by atoms with Crippen LogP contribution in [0.15, 0.2) is 22.7 Å². The van der Waals surface area contributed by atoms with Crippen molar-refractivity contribution >= 4 is 21.6 Å². The fourth-order valence-corrected chi connectivity index (χ4v) is 3.33. The summed E-state index contributed by atoms with van der Waals surface area (Å²) in [5.41, 5.74) is 8.60. The van der Waals surface area contributed by atoms with E-state index >= 15 is 0 Å². The van der Waals surface area contributed by atoms with Crippen LogP contribution in [-0.4, -0.2) is 18.0 Å². The van der Waals surface area contributed by atoms with Crippen molar-refractivity contribution in [2.75, 3.05) is 12.8 Å². The number of anilines is 1. The average molecular weight is 325 g/mol. The van der Waals surface area contributed by atoms with Crippen molar-refractivity contribution in [2.24, 2.45) is 5.41 Å². The predicted molar refractivity (Wildman–Crippen MR) is 86.1 cm³/mol. The molecule has 2 rings (SSSR count). The molecule has 1 aliphatic carbocycles. The van der Waals surface area contributed by atoms with Gasteiger partial charge in [0.2, 0.25) is 0 Å². The Kier molecular flexibility index (Phi) is 4.57. The molecule has 1 aromatic rings. The zero-order valence-corrected chi connectivity index (χ0v) is 13.8. The first-order chi connectivity index (χ1) is 8.89. The molecule has 0 aliphatic heterocycles. The average Bonchev–Trinajstić information content (AvgIpc) is 2.35. The van der Waals surface area contributed by atoms with E-state index in [9.17, 15) is 0 Å². The van der Waals surface area contributed by atoms with Crippen LogP contribution in [0.1, 0.15) is 45.1 Å². The molecule has 2 N–H and O–H groups in total. The normalized spacial score (nSPS) is 19.8. The second-order valence-electron chi connectivity index (χ2n) is 6.63. The van der Waals surface area contributed by atoms with E-state index in [1.807, 2.05) is 12.1 Å². The minimum atomic E-state index is 0.537. The smallest absolute Gasteiger partial charge is 0.0461 e. The van der Waals surface area contributed by atoms with Crippen LogP contribution in [0.3, 0.4) is 0 Å². The van der Waals surface area contributed by atoms with Crippen molar-refractivity contribution in [1.29, 1.82) is 0 Å². The van der Waals surface area contributed by atoms with Crippen LogP contribution in [0.4, 0.5) is 5.69 Å². The van der Waals surface area contributed by atoms with Gasteiger partial charge in [-0.3, -0.25) is 4.90 Å². The number of benzene rings is 1. The number of nitrogens with zero attached hydrogens (tertiary/aromatic N) is 1. The van der Waals surface area contributed by atoms with Gasteiger partial charge in [-0.05, 0) is 65.7 Å². The SMILES string of the molecule is CN(Cc1cccc(N)c1Br)C1CCC(C)(C)CC1. The minimum Gasteiger partial charge on any atom is -0.398 e. The topological polar surface area (TPSA) is 29.3 Å². The zero-order valence-electron chi connectivity index (χ0n) is 12.2. The zero-order chi connectivity index (χ0) is 14.0. The number of halogens is 1. The maximum absolute atomic E-state index is 5.94. The fraction of sp³-hybridized carbons (Fsp3) is 0.625. The summed E-state index contributed by atoms with van der Waals surface area (Å²) in [6.45, 7) is 5.74. The lowest BCUT2D eigenvalue weighted by atomic mass is 9.75. The second-order valence-corrected chi connectivity index (χ2v) is 7.42. The third kappa shape index (κ3) is 3.73. The van der Waals surface area contributed by atoms with E-state index in [2.05, 4.69) is 47.8 Å². The van der Waals surface area contributed by atoms with Crippen molar-refractivity contribution in [3.63, 3.8) is 0 Å². The van der Waals surface area contributed by atoms with Gasteiger partial charge in [0.05, 0.1) is 0 Å². The van der Waals surface area contributed by atoms with Crippen LogP contribution in [0, 0.1) is 5.41 Å². The molecule has 0 saturated heterocycles. The summed E-state index contributed by atoms with van der Waals surface area (Å²) in [5.74, 6) is 0. The molecule has 0 atom stereocenters. The minimum absolute atomic E-state index is 0.537. The van der Waals surface area contributed by atoms with Crippen LogP contribution >= 0.6 is 15.9 Å². The van der Waals surface area contributed by atoms with E-state index in [1.165, 1.54) is 31.2 Å². The highest BCUT2D eigenvalue weighted by atomic mass is 79.9. The van der Waals surface area contributed by atoms with Crippen molar-refractivity contribution in [3.8, 4) is 0 Å². The highest BCUT2D eigenvalue weighted by molar-refractivity contribution is 9.10. The first kappa shape index (κ1) is 14.9. The van der Waals surface area contributed by atoms with Gasteiger partial charge in [0.15, 0.2) is 0 Å². The quantitative estimate of drug-likeness (QED) is 0.833. The Balaban J connectivity index is 1.98. The van der Waals surface area contributed by atoms with Crippen molar-refractivity contribution in [2.45, 2.75) is 52.1 Å². The van der Waals surface area contributed by atoms with E-state index in [0.717, 1.165) is 16.7 Å². The van der Waals surface area contributed by atoms with Gasteiger partial charge in [0, 0.05) is 22.7 Å². The Morgan fingerprint density at radius 1 is 1.32 bits per heavy atom. The van der Waals surface area contributed by atoms with E-state index in [4.69, 9.17) is 5.73 Å². The maximum Gasteiger partial charge on any atom is 0.0461 e. The number of hydrogen-bond donors (Lipinski definition) is 1. The molecule has 1 fully saturated rings. The first-order valence-corrected chi connectivity index (χ1v) is 7.91. The third-order valence-corrected chi connectivity index (χ3v) is 5.43. The number of nitrogen functional groups attached to an aromatic ring is 1. The summed E-state index contributed by atoms with van der Waals surface area (Å²) < 4.78 is 1.05. The van der Waals surface area contributed by atoms with Crippen LogP contribution in [0.25, 0.3) is 0 Å². The molecule has 1 saturated carbocycles. The standard InChI is InChI=1S/C16H25BrN2/c1-16(2)9-7-13(8-10-16)19(3)11-12-5-4-6-14(18)15(12)17/h4-6,13H,7-11,18H2,1-3H3. The lowest BCUT2D eigenvalue weighted by molar-refractivity contribution is 0.123. The van der Waals surface area contributed by atoms with Crippen LogP contribution < -0.4 is 5.73 Å². The van der Waals surface area contributed by atoms with Crippen molar-refractivity contribution in [3.05, 3.63) is 28.2 Å². The molecule has 0 unspecified atom stereocenters. The molecule has 0 heterocycles. The number of rotatable bonds is 3. The van der Waals surface area contributed by atoms with Crippen LogP contribution in [0.2, 0.25) is 0 Å². The summed E-state index contributed by atoms with van der Waals surface area (Å²) in [6, 6.07) is 6.84. The fourth-order valence-electron chi connectivity index (χ4n) is 2.94. The molecule has 0 amide bonds. The van der Waals surface area contributed by atoms with Gasteiger partial charge < -0.3 is 5.73 Å². The van der Waals surface area contributed by atoms with Gasteiger partial charge in [-0.15, -0.1) is 0 Å². The second kappa shape index (κ2) is 5.84. The Bertz CT molecular complexity index is 432. The summed E-state index contributed by atoms with van der Waals surface area (Å²) >= 11 is 3.60. The number of hydrogen-bond acceptors (Lipinski definition) is 2. The molecule has 0 bridgehead atoms. The van der Waals surface area contributed by atoms with E-state index in [0.29, 0.717) is 11.5 Å². The Hall–Kier alpha value is -0.540. The van der Waals surface area contributed by atoms with E-state index in [1.54, 1.807) is 0 Å². The molecule has 0 spiro atoms. The van der Waals surface area contributed by atoms with Crippen molar-refractivity contribution < 1.29 is 0 Å². The lowest BCUT2D eigenvalue weighted by Gasteiger charge is -2.38. The summed E-state index contributed by atoms with van der Waals surface area (Å²) in [6.07, 6.45) is 5.28. The summed E-state index contributed by atoms with van der Waals surface area (Å²) in [5, 5.41) is 0. The molecule has 0 radical (unpaired) electrons. The van der Waals surface area contributed by atoms with Gasteiger partial charge in [-0.25, -0.2) is 0 Å². The first-order valence-electron chi connectivity index (χ1n) is 7.12. The number of nitrogens with two attached hydrogens (primary N) is 1. The van der Waals surface area contributed by atoms with Gasteiger partial charge >= 0.3 is 0 Å². The summed E-state index contributed by atoms with van der Waals surface area (Å²) in [7, 11) is 2.23. The molecule has 0 aromatic heterocycles. The molecule has 2 nitrogen and oxygen atoms in total. The predicted octanol–water partition coefficient (Wildman–Crippen LogP) is 4.43. The van der Waals surface area contributed by atoms with Gasteiger partial charge in [-0.1, -0.05) is 26.0 Å². The molecule has 1 aliphatic rings. The Morgan fingerprint density at radius 3 is 2.58 bits per heavy atom. The molecule has 3 heteroatoms.